The predicted octanol–water partition coefficient (Wildman–Crippen LogP) is 3.22. The molecule has 1 heterocycles. The van der Waals surface area contributed by atoms with Gasteiger partial charge >= 0.3 is 0 Å². The van der Waals surface area contributed by atoms with Crippen molar-refractivity contribution >= 4 is 23.2 Å². The molecule has 0 saturated heterocycles. The van der Waals surface area contributed by atoms with Gasteiger partial charge in [-0.3, -0.25) is 9.59 Å². The fraction of sp³-hybridized carbons (Fsp3) is 0.364. The van der Waals surface area contributed by atoms with Crippen molar-refractivity contribution in [2.24, 2.45) is 0 Å². The number of amides is 2. The molecule has 0 atom stereocenters. The SMILES string of the molecule is COc1ccccc1NC(=O)CN1CCCc2c(C(=O)NC(C)C)cccc21. The molecule has 0 fully saturated rings. The molecule has 0 saturated carbocycles. The van der Waals surface area contributed by atoms with E-state index in [0.717, 1.165) is 30.6 Å². The van der Waals surface area contributed by atoms with Gasteiger partial charge in [-0.1, -0.05) is 18.2 Å². The molecule has 0 unspecified atom stereocenters. The Morgan fingerprint density at radius 1 is 1.14 bits per heavy atom. The standard InChI is InChI=1S/C22H27N3O3/c1-15(2)23-22(27)17-8-6-11-19-16(17)9-7-13-25(19)14-21(26)24-18-10-4-5-12-20(18)28-3/h4-6,8,10-12,15H,7,9,13-14H2,1-3H3,(H,23,27)(H,24,26). The zero-order valence-corrected chi connectivity index (χ0v) is 16.6. The minimum atomic E-state index is -0.116. The Balaban J connectivity index is 1.77. The van der Waals surface area contributed by atoms with Crippen molar-refractivity contribution in [3.8, 4) is 5.75 Å². The highest BCUT2D eigenvalue weighted by atomic mass is 16.5. The number of hydrogen-bond acceptors (Lipinski definition) is 4. The second kappa shape index (κ2) is 8.78. The van der Waals surface area contributed by atoms with Gasteiger partial charge in [0.15, 0.2) is 0 Å². The van der Waals surface area contributed by atoms with Crippen molar-refractivity contribution < 1.29 is 14.3 Å². The lowest BCUT2D eigenvalue weighted by Gasteiger charge is -2.32. The van der Waals surface area contributed by atoms with Gasteiger partial charge in [0.2, 0.25) is 5.91 Å². The van der Waals surface area contributed by atoms with Crippen molar-refractivity contribution in [3.05, 3.63) is 53.6 Å². The van der Waals surface area contributed by atoms with Crippen LogP contribution in [0.15, 0.2) is 42.5 Å². The van der Waals surface area contributed by atoms with Gasteiger partial charge in [0.05, 0.1) is 19.3 Å². The molecule has 6 heteroatoms. The van der Waals surface area contributed by atoms with Crippen LogP contribution in [-0.2, 0) is 11.2 Å². The van der Waals surface area contributed by atoms with E-state index in [1.54, 1.807) is 7.11 Å². The molecule has 28 heavy (non-hydrogen) atoms. The number of anilines is 2. The summed E-state index contributed by atoms with van der Waals surface area (Å²) in [6.45, 7) is 4.89. The molecule has 6 nitrogen and oxygen atoms in total. The van der Waals surface area contributed by atoms with E-state index in [-0.39, 0.29) is 24.4 Å². The number of nitrogens with one attached hydrogen (secondary N) is 2. The van der Waals surface area contributed by atoms with Crippen LogP contribution in [0.3, 0.4) is 0 Å². The highest BCUT2D eigenvalue weighted by molar-refractivity contribution is 5.99. The molecule has 0 bridgehead atoms. The van der Waals surface area contributed by atoms with Gasteiger partial charge in [-0.25, -0.2) is 0 Å². The van der Waals surface area contributed by atoms with Gasteiger partial charge in [0.25, 0.3) is 5.91 Å². The molecule has 3 rings (SSSR count). The molecular weight excluding hydrogens is 354 g/mol. The van der Waals surface area contributed by atoms with E-state index in [1.165, 1.54) is 0 Å². The van der Waals surface area contributed by atoms with E-state index in [2.05, 4.69) is 10.6 Å². The molecule has 2 amide bonds. The van der Waals surface area contributed by atoms with Gasteiger partial charge in [-0.15, -0.1) is 0 Å². The largest absolute Gasteiger partial charge is 0.495 e. The smallest absolute Gasteiger partial charge is 0.251 e. The van der Waals surface area contributed by atoms with E-state index in [1.807, 2.05) is 61.2 Å². The second-order valence-electron chi connectivity index (χ2n) is 7.20. The first kappa shape index (κ1) is 19.7. The van der Waals surface area contributed by atoms with E-state index in [4.69, 9.17) is 4.74 Å². The third-order valence-corrected chi connectivity index (χ3v) is 4.73. The third-order valence-electron chi connectivity index (χ3n) is 4.73. The molecule has 148 valence electrons. The van der Waals surface area contributed by atoms with Crippen LogP contribution in [0.2, 0.25) is 0 Å². The number of rotatable bonds is 6. The van der Waals surface area contributed by atoms with Crippen molar-refractivity contribution in [3.63, 3.8) is 0 Å². The summed E-state index contributed by atoms with van der Waals surface area (Å²) in [5.74, 6) is 0.448. The maximum atomic E-state index is 12.6. The molecular formula is C22H27N3O3. The van der Waals surface area contributed by atoms with Gasteiger partial charge in [-0.05, 0) is 56.5 Å². The lowest BCUT2D eigenvalue weighted by Crippen LogP contribution is -2.38. The van der Waals surface area contributed by atoms with E-state index >= 15 is 0 Å². The van der Waals surface area contributed by atoms with Crippen molar-refractivity contribution in [1.29, 1.82) is 0 Å². The fourth-order valence-electron chi connectivity index (χ4n) is 3.53. The first-order valence-corrected chi connectivity index (χ1v) is 9.60. The Hall–Kier alpha value is -3.02. The summed E-state index contributed by atoms with van der Waals surface area (Å²) >= 11 is 0. The number of fused-ring (bicyclic) bond motifs is 1. The summed E-state index contributed by atoms with van der Waals surface area (Å²) in [7, 11) is 1.58. The first-order valence-electron chi connectivity index (χ1n) is 9.60. The number of nitrogens with zero attached hydrogens (tertiary/aromatic N) is 1. The third kappa shape index (κ3) is 4.44. The van der Waals surface area contributed by atoms with Gasteiger partial charge < -0.3 is 20.3 Å². The Bertz CT molecular complexity index is 864. The summed E-state index contributed by atoms with van der Waals surface area (Å²) in [6.07, 6.45) is 1.74. The average molecular weight is 381 g/mol. The second-order valence-corrected chi connectivity index (χ2v) is 7.20. The molecule has 1 aliphatic heterocycles. The summed E-state index contributed by atoms with van der Waals surface area (Å²) in [5, 5.41) is 5.88. The summed E-state index contributed by atoms with van der Waals surface area (Å²) in [4.78, 5) is 27.2. The number of para-hydroxylation sites is 2. The van der Waals surface area contributed by atoms with Crippen molar-refractivity contribution in [2.75, 3.05) is 30.4 Å². The number of benzene rings is 2. The average Bonchev–Trinajstić information content (AvgIpc) is 2.67. The zero-order chi connectivity index (χ0) is 20.1. The predicted molar refractivity (Wildman–Crippen MR) is 111 cm³/mol. The minimum absolute atomic E-state index is 0.0628. The van der Waals surface area contributed by atoms with Gasteiger partial charge in [0.1, 0.15) is 5.75 Å². The van der Waals surface area contributed by atoms with Crippen LogP contribution in [-0.4, -0.2) is 38.1 Å². The highest BCUT2D eigenvalue weighted by Crippen LogP contribution is 2.30. The molecule has 2 N–H and O–H groups in total. The maximum absolute atomic E-state index is 12.6. The Morgan fingerprint density at radius 3 is 2.68 bits per heavy atom. The molecule has 0 aromatic heterocycles. The van der Waals surface area contributed by atoms with Crippen LogP contribution < -0.4 is 20.3 Å². The quantitative estimate of drug-likeness (QED) is 0.806. The van der Waals surface area contributed by atoms with Crippen LogP contribution in [0, 0.1) is 0 Å². The molecule has 2 aromatic rings. The van der Waals surface area contributed by atoms with Crippen molar-refractivity contribution in [2.45, 2.75) is 32.7 Å². The molecule has 2 aromatic carbocycles. The van der Waals surface area contributed by atoms with E-state index in [0.29, 0.717) is 17.0 Å². The molecule has 0 radical (unpaired) electrons. The normalized spacial score (nSPS) is 13.1. The molecule has 0 aliphatic carbocycles. The Morgan fingerprint density at radius 2 is 1.93 bits per heavy atom. The number of carbonyl (C=O) groups excluding carboxylic acids is 2. The number of hydrogen-bond donors (Lipinski definition) is 2. The lowest BCUT2D eigenvalue weighted by atomic mass is 9.95. The molecule has 1 aliphatic rings. The number of methoxy groups -OCH3 is 1. The lowest BCUT2D eigenvalue weighted by molar-refractivity contribution is -0.115. The van der Waals surface area contributed by atoms with Crippen molar-refractivity contribution in [1.82, 2.24) is 5.32 Å². The van der Waals surface area contributed by atoms with E-state index < -0.39 is 0 Å². The fourth-order valence-corrected chi connectivity index (χ4v) is 3.53. The number of carbonyl (C=O) groups is 2. The maximum Gasteiger partial charge on any atom is 0.251 e. The summed E-state index contributed by atoms with van der Waals surface area (Å²) < 4.78 is 5.29. The van der Waals surface area contributed by atoms with Gasteiger partial charge in [0, 0.05) is 23.8 Å². The Labute approximate surface area is 165 Å². The van der Waals surface area contributed by atoms with Crippen LogP contribution in [0.5, 0.6) is 5.75 Å². The summed E-state index contributed by atoms with van der Waals surface area (Å²) in [5.41, 5.74) is 3.31. The zero-order valence-electron chi connectivity index (χ0n) is 16.6. The van der Waals surface area contributed by atoms with Crippen LogP contribution in [0.25, 0.3) is 0 Å². The van der Waals surface area contributed by atoms with Crippen LogP contribution in [0.1, 0.15) is 36.2 Å². The number of ether oxygens (including phenoxy) is 1. The van der Waals surface area contributed by atoms with Gasteiger partial charge in [-0.2, -0.15) is 0 Å². The topological polar surface area (TPSA) is 70.7 Å². The van der Waals surface area contributed by atoms with Crippen LogP contribution >= 0.6 is 0 Å². The van der Waals surface area contributed by atoms with E-state index in [9.17, 15) is 9.59 Å². The monoisotopic (exact) mass is 381 g/mol. The molecule has 0 spiro atoms. The van der Waals surface area contributed by atoms with Crippen LogP contribution in [0.4, 0.5) is 11.4 Å². The minimum Gasteiger partial charge on any atom is -0.495 e. The summed E-state index contributed by atoms with van der Waals surface area (Å²) in [6, 6.07) is 13.1. The first-order chi connectivity index (χ1) is 13.5. The highest BCUT2D eigenvalue weighted by Gasteiger charge is 2.24. The Kier molecular flexibility index (Phi) is 6.19.